The summed E-state index contributed by atoms with van der Waals surface area (Å²) < 4.78 is 13.1. The van der Waals surface area contributed by atoms with Crippen LogP contribution in [0.4, 0.5) is 10.1 Å². The van der Waals surface area contributed by atoms with Crippen molar-refractivity contribution in [3.63, 3.8) is 0 Å². The molecule has 0 saturated carbocycles. The number of benzene rings is 2. The fourth-order valence-electron chi connectivity index (χ4n) is 5.86. The Labute approximate surface area is 237 Å². The molecule has 0 aliphatic carbocycles. The first-order chi connectivity index (χ1) is 20.0. The van der Waals surface area contributed by atoms with Crippen LogP contribution in [0.3, 0.4) is 0 Å². The van der Waals surface area contributed by atoms with Gasteiger partial charge in [-0.25, -0.2) is 24.3 Å². The molecule has 206 valence electrons. The van der Waals surface area contributed by atoms with Crippen molar-refractivity contribution < 1.29 is 9.18 Å². The van der Waals surface area contributed by atoms with Gasteiger partial charge in [0.15, 0.2) is 19.5 Å². The highest BCUT2D eigenvalue weighted by Crippen LogP contribution is 2.27. The summed E-state index contributed by atoms with van der Waals surface area (Å²) in [6.45, 7) is 4.99. The maximum atomic E-state index is 13.2. The highest BCUT2D eigenvalue weighted by molar-refractivity contribution is 6.37. The minimum absolute atomic E-state index is 0.173. The number of carbonyl (C=O) groups is 1. The molecule has 3 aromatic heterocycles. The third kappa shape index (κ3) is 5.10. The Morgan fingerprint density at radius 2 is 1.78 bits per heavy atom. The number of hydrogen-bond donors (Lipinski definition) is 1. The summed E-state index contributed by atoms with van der Waals surface area (Å²) in [7, 11) is 1.99. The number of aromatic nitrogens is 6. The van der Waals surface area contributed by atoms with Gasteiger partial charge >= 0.3 is 0 Å². The molecule has 5 heterocycles. The zero-order chi connectivity index (χ0) is 27.9. The molecule has 41 heavy (non-hydrogen) atoms. The van der Waals surface area contributed by atoms with Gasteiger partial charge in [0.25, 0.3) is 0 Å². The van der Waals surface area contributed by atoms with Crippen LogP contribution in [0.1, 0.15) is 18.2 Å². The fraction of sp³-hybridized carbons (Fsp3) is 0.310. The average molecular weight is 549 g/mol. The molecule has 2 saturated heterocycles. The molecule has 5 aromatic rings. The molecule has 0 bridgehead atoms. The third-order valence-electron chi connectivity index (χ3n) is 8.21. The Hall–Kier alpha value is -4.45. The molecular weight excluding hydrogens is 520 g/mol. The Morgan fingerprint density at radius 3 is 2.56 bits per heavy atom. The zero-order valence-corrected chi connectivity index (χ0v) is 22.8. The van der Waals surface area contributed by atoms with Crippen LogP contribution in [-0.2, 0) is 4.79 Å². The summed E-state index contributed by atoms with van der Waals surface area (Å²) >= 11 is 0. The Balaban J connectivity index is 0.931. The second-order valence-electron chi connectivity index (χ2n) is 10.9. The first-order valence-electron chi connectivity index (χ1n) is 13.9. The summed E-state index contributed by atoms with van der Waals surface area (Å²) in [5, 5.41) is 9.43. The van der Waals surface area contributed by atoms with E-state index in [1.165, 1.54) is 12.4 Å². The minimum atomic E-state index is -0.451. The van der Waals surface area contributed by atoms with Gasteiger partial charge in [-0.3, -0.25) is 14.8 Å². The number of carbonyl (C=O) groups excluding carboxylic acids is 1. The minimum Gasteiger partial charge on any atom is -0.368 e. The number of halogens is 1. The van der Waals surface area contributed by atoms with Gasteiger partial charge in [-0.05, 0) is 49.4 Å². The molecule has 1 N–H and O–H groups in total. The fourth-order valence-corrected chi connectivity index (χ4v) is 5.86. The number of nitrogens with one attached hydrogen (secondary N) is 1. The number of hydrogen-bond acceptors (Lipinski definition) is 8. The second-order valence-corrected chi connectivity index (χ2v) is 10.9. The number of H-pyrrole nitrogens is 1. The number of anilines is 1. The number of fused-ring (bicyclic) bond motifs is 2. The van der Waals surface area contributed by atoms with Crippen molar-refractivity contribution in [1.82, 2.24) is 39.9 Å². The highest BCUT2D eigenvalue weighted by Gasteiger charge is 2.30. The zero-order valence-electron chi connectivity index (χ0n) is 22.8. The lowest BCUT2D eigenvalue weighted by Gasteiger charge is -2.36. The van der Waals surface area contributed by atoms with Crippen molar-refractivity contribution in [2.24, 2.45) is 0 Å². The largest absolute Gasteiger partial charge is 0.368 e. The monoisotopic (exact) mass is 549 g/mol. The smallest absolute Gasteiger partial charge is 0.236 e. The molecule has 1 atom stereocenters. The van der Waals surface area contributed by atoms with Crippen molar-refractivity contribution in [1.29, 1.82) is 0 Å². The molecule has 12 heteroatoms. The van der Waals surface area contributed by atoms with E-state index in [0.717, 1.165) is 77.1 Å². The number of rotatable bonds is 5. The quantitative estimate of drug-likeness (QED) is 0.329. The molecule has 0 spiro atoms. The lowest BCUT2D eigenvalue weighted by molar-refractivity contribution is -0.132. The Bertz CT molecular complexity index is 1720. The van der Waals surface area contributed by atoms with Crippen molar-refractivity contribution in [3.8, 4) is 11.4 Å². The number of nitrogens with zero attached hydrogens (tertiary/aromatic N) is 8. The molecule has 10 nitrogen and oxygen atoms in total. The summed E-state index contributed by atoms with van der Waals surface area (Å²) in [6, 6.07) is 12.1. The van der Waals surface area contributed by atoms with Gasteiger partial charge in [0.2, 0.25) is 5.91 Å². The number of amides is 1. The van der Waals surface area contributed by atoms with Gasteiger partial charge in [0.1, 0.15) is 5.82 Å². The van der Waals surface area contributed by atoms with Gasteiger partial charge in [-0.1, -0.05) is 0 Å². The molecule has 0 unspecified atom stereocenters. The van der Waals surface area contributed by atoms with E-state index in [2.05, 4.69) is 41.0 Å². The van der Waals surface area contributed by atoms with E-state index in [-0.39, 0.29) is 11.8 Å². The summed E-state index contributed by atoms with van der Waals surface area (Å²) in [5.41, 5.74) is 4.81. The van der Waals surface area contributed by atoms with Crippen LogP contribution < -0.4 is 10.5 Å². The van der Waals surface area contributed by atoms with Gasteiger partial charge in [-0.15, -0.1) is 0 Å². The van der Waals surface area contributed by atoms with Gasteiger partial charge in [0.05, 0.1) is 30.0 Å². The van der Waals surface area contributed by atoms with Gasteiger partial charge in [0, 0.05) is 72.5 Å². The van der Waals surface area contributed by atoms with Crippen LogP contribution in [0.25, 0.3) is 33.2 Å². The molecule has 7 rings (SSSR count). The third-order valence-corrected chi connectivity index (χ3v) is 8.21. The molecule has 2 aromatic carbocycles. The second kappa shape index (κ2) is 10.5. The predicted molar refractivity (Wildman–Crippen MR) is 157 cm³/mol. The average Bonchev–Trinajstić information content (AvgIpc) is 3.62. The van der Waals surface area contributed by atoms with Crippen molar-refractivity contribution in [2.75, 3.05) is 50.7 Å². The van der Waals surface area contributed by atoms with Crippen LogP contribution in [-0.4, -0.2) is 99.5 Å². The van der Waals surface area contributed by atoms with Crippen molar-refractivity contribution >= 4 is 46.8 Å². The van der Waals surface area contributed by atoms with E-state index in [1.54, 1.807) is 0 Å². The van der Waals surface area contributed by atoms with E-state index in [9.17, 15) is 9.18 Å². The SMILES string of the molecule is Bc1n[nH]c2cc3cnc([C@@H]4CCN(CC(=O)N5CCN(c6ccc(-c7ncc(F)cn7)cc6)CC5)C4)nc3cc12. The van der Waals surface area contributed by atoms with Crippen molar-refractivity contribution in [2.45, 2.75) is 12.3 Å². The molecule has 0 radical (unpaired) electrons. The summed E-state index contributed by atoms with van der Waals surface area (Å²) in [5.74, 6) is 1.28. The van der Waals surface area contributed by atoms with Crippen LogP contribution in [0.15, 0.2) is 55.0 Å². The van der Waals surface area contributed by atoms with Gasteiger partial charge in [-0.2, -0.15) is 5.10 Å². The predicted octanol–water partition coefficient (Wildman–Crippen LogP) is 1.50. The number of piperazine rings is 1. The van der Waals surface area contributed by atoms with E-state index < -0.39 is 5.82 Å². The van der Waals surface area contributed by atoms with E-state index >= 15 is 0 Å². The lowest BCUT2D eigenvalue weighted by atomic mass is 9.99. The standard InChI is InChI=1S/C29H29BFN9O/c30-27-23-12-24-20(11-25(23)36-37-27)13-32-29(35-24)19-5-6-38(16-19)17-26(41)40-9-7-39(8-10-40)22-3-1-18(2-4-22)28-33-14-21(31)15-34-28/h1-4,11-15,19H,5-10,16-17,30H2,(H,36,37)/t19-/m1/s1. The molecule has 1 amide bonds. The first-order valence-corrected chi connectivity index (χ1v) is 13.9. The van der Waals surface area contributed by atoms with Crippen molar-refractivity contribution in [3.05, 3.63) is 66.6 Å². The maximum absolute atomic E-state index is 13.2. The Kier molecular flexibility index (Phi) is 6.54. The molecule has 2 aliphatic rings. The Morgan fingerprint density at radius 1 is 1.00 bits per heavy atom. The summed E-state index contributed by atoms with van der Waals surface area (Å²) in [6.07, 6.45) is 5.18. The van der Waals surface area contributed by atoms with Crippen LogP contribution in [0, 0.1) is 5.82 Å². The molecular formula is C29H29BFN9O. The van der Waals surface area contributed by atoms with Gasteiger partial charge < -0.3 is 9.80 Å². The normalized spacial score (nSPS) is 18.0. The number of aromatic amines is 1. The highest BCUT2D eigenvalue weighted by atomic mass is 19.1. The maximum Gasteiger partial charge on any atom is 0.236 e. The first kappa shape index (κ1) is 25.5. The number of likely N-dealkylation sites (tertiary alicyclic amines) is 1. The lowest BCUT2D eigenvalue weighted by Crippen LogP contribution is -2.51. The van der Waals surface area contributed by atoms with Crippen LogP contribution in [0.5, 0.6) is 0 Å². The van der Waals surface area contributed by atoms with Crippen LogP contribution in [0.2, 0.25) is 0 Å². The van der Waals surface area contributed by atoms with E-state index in [4.69, 9.17) is 4.98 Å². The van der Waals surface area contributed by atoms with E-state index in [1.807, 2.05) is 49.3 Å². The van der Waals surface area contributed by atoms with E-state index in [0.29, 0.717) is 25.5 Å². The molecule has 2 aliphatic heterocycles. The summed E-state index contributed by atoms with van der Waals surface area (Å²) in [4.78, 5) is 37.3. The topological polar surface area (TPSA) is 107 Å². The molecule has 2 fully saturated rings. The van der Waals surface area contributed by atoms with Crippen LogP contribution >= 0.6 is 0 Å².